The molecule has 1 unspecified atom stereocenters. The molecule has 1 atom stereocenters. The number of carbonyl (C=O) groups excluding carboxylic acids is 1. The first-order chi connectivity index (χ1) is 12.9. The molecule has 0 aromatic heterocycles. The SMILES string of the molecule is Cc1ccccc1C(C)NC(=O)/C=C/c1ccc(N2CCCS2(=O)=O)cc1. The Bertz CT molecular complexity index is 950. The minimum absolute atomic E-state index is 0.0777. The normalized spacial score (nSPS) is 17.2. The van der Waals surface area contributed by atoms with Gasteiger partial charge in [0.1, 0.15) is 0 Å². The van der Waals surface area contributed by atoms with Gasteiger partial charge in [-0.05, 0) is 55.2 Å². The van der Waals surface area contributed by atoms with Crippen LogP contribution < -0.4 is 9.62 Å². The molecule has 2 aromatic carbocycles. The summed E-state index contributed by atoms with van der Waals surface area (Å²) in [7, 11) is -3.17. The van der Waals surface area contributed by atoms with Crippen molar-refractivity contribution in [3.05, 3.63) is 71.3 Å². The maximum Gasteiger partial charge on any atom is 0.244 e. The van der Waals surface area contributed by atoms with Crippen LogP contribution in [0, 0.1) is 6.92 Å². The van der Waals surface area contributed by atoms with Crippen molar-refractivity contribution in [2.24, 2.45) is 0 Å². The second-order valence-corrected chi connectivity index (χ2v) is 8.77. The predicted octanol–water partition coefficient (Wildman–Crippen LogP) is 3.43. The van der Waals surface area contributed by atoms with Crippen LogP contribution in [-0.4, -0.2) is 26.6 Å². The fraction of sp³-hybridized carbons (Fsp3) is 0.286. The highest BCUT2D eigenvalue weighted by Crippen LogP contribution is 2.24. The minimum atomic E-state index is -3.17. The molecule has 0 bridgehead atoms. The van der Waals surface area contributed by atoms with E-state index >= 15 is 0 Å². The Morgan fingerprint density at radius 2 is 1.85 bits per heavy atom. The maximum atomic E-state index is 12.2. The summed E-state index contributed by atoms with van der Waals surface area (Å²) < 4.78 is 25.4. The lowest BCUT2D eigenvalue weighted by Crippen LogP contribution is -2.25. The Hall–Kier alpha value is -2.60. The highest BCUT2D eigenvalue weighted by Gasteiger charge is 2.28. The zero-order chi connectivity index (χ0) is 19.4. The topological polar surface area (TPSA) is 66.5 Å². The lowest BCUT2D eigenvalue weighted by atomic mass is 10.0. The molecule has 3 rings (SSSR count). The van der Waals surface area contributed by atoms with Gasteiger partial charge in [-0.3, -0.25) is 9.10 Å². The van der Waals surface area contributed by atoms with Gasteiger partial charge < -0.3 is 5.32 Å². The quantitative estimate of drug-likeness (QED) is 0.803. The van der Waals surface area contributed by atoms with Crippen LogP contribution in [0.4, 0.5) is 5.69 Å². The minimum Gasteiger partial charge on any atom is -0.346 e. The summed E-state index contributed by atoms with van der Waals surface area (Å²) in [5.41, 5.74) is 3.74. The van der Waals surface area contributed by atoms with Crippen LogP contribution in [0.3, 0.4) is 0 Å². The molecule has 1 N–H and O–H groups in total. The van der Waals surface area contributed by atoms with Crippen molar-refractivity contribution in [2.75, 3.05) is 16.6 Å². The summed E-state index contributed by atoms with van der Waals surface area (Å²) in [5, 5.41) is 2.96. The van der Waals surface area contributed by atoms with E-state index in [-0.39, 0.29) is 17.7 Å². The zero-order valence-electron chi connectivity index (χ0n) is 15.6. The Kier molecular flexibility index (Phi) is 5.65. The molecule has 1 aliphatic heterocycles. The van der Waals surface area contributed by atoms with Crippen molar-refractivity contribution >= 4 is 27.7 Å². The van der Waals surface area contributed by atoms with E-state index in [1.807, 2.05) is 50.2 Å². The number of hydrogen-bond acceptors (Lipinski definition) is 3. The number of benzene rings is 2. The monoisotopic (exact) mass is 384 g/mol. The summed E-state index contributed by atoms with van der Waals surface area (Å²) in [6.45, 7) is 4.51. The van der Waals surface area contributed by atoms with E-state index < -0.39 is 10.0 Å². The molecule has 1 aliphatic rings. The van der Waals surface area contributed by atoms with Crippen LogP contribution >= 0.6 is 0 Å². The van der Waals surface area contributed by atoms with Gasteiger partial charge in [-0.25, -0.2) is 8.42 Å². The Labute approximate surface area is 160 Å². The van der Waals surface area contributed by atoms with Crippen LogP contribution in [0.5, 0.6) is 0 Å². The summed E-state index contributed by atoms with van der Waals surface area (Å²) in [4.78, 5) is 12.2. The number of nitrogens with zero attached hydrogens (tertiary/aromatic N) is 1. The van der Waals surface area contributed by atoms with E-state index in [2.05, 4.69) is 5.32 Å². The second kappa shape index (κ2) is 7.96. The molecule has 1 fully saturated rings. The number of hydrogen-bond donors (Lipinski definition) is 1. The molecule has 5 nitrogen and oxygen atoms in total. The first kappa shape index (κ1) is 19.2. The van der Waals surface area contributed by atoms with E-state index in [4.69, 9.17) is 0 Å². The molecule has 27 heavy (non-hydrogen) atoms. The lowest BCUT2D eigenvalue weighted by Gasteiger charge is -2.16. The van der Waals surface area contributed by atoms with Gasteiger partial charge in [0, 0.05) is 12.6 Å². The van der Waals surface area contributed by atoms with Gasteiger partial charge in [-0.15, -0.1) is 0 Å². The number of amides is 1. The van der Waals surface area contributed by atoms with Crippen molar-refractivity contribution < 1.29 is 13.2 Å². The van der Waals surface area contributed by atoms with E-state index in [0.717, 1.165) is 16.7 Å². The van der Waals surface area contributed by atoms with Gasteiger partial charge in [0.15, 0.2) is 0 Å². The lowest BCUT2D eigenvalue weighted by molar-refractivity contribution is -0.117. The maximum absolute atomic E-state index is 12.2. The van der Waals surface area contributed by atoms with Crippen LogP contribution in [0.2, 0.25) is 0 Å². The second-order valence-electron chi connectivity index (χ2n) is 6.75. The van der Waals surface area contributed by atoms with Crippen LogP contribution in [-0.2, 0) is 14.8 Å². The third-order valence-electron chi connectivity index (χ3n) is 4.72. The number of sulfonamides is 1. The Balaban J connectivity index is 1.62. The summed E-state index contributed by atoms with van der Waals surface area (Å²) >= 11 is 0. The van der Waals surface area contributed by atoms with Gasteiger partial charge in [-0.1, -0.05) is 36.4 Å². The van der Waals surface area contributed by atoms with Gasteiger partial charge in [0.05, 0.1) is 17.5 Å². The molecule has 1 amide bonds. The zero-order valence-corrected chi connectivity index (χ0v) is 16.4. The summed E-state index contributed by atoms with van der Waals surface area (Å²) in [5.74, 6) is 0.0328. The number of nitrogens with one attached hydrogen (secondary N) is 1. The first-order valence-corrected chi connectivity index (χ1v) is 10.6. The molecule has 0 radical (unpaired) electrons. The van der Waals surface area contributed by atoms with Crippen molar-refractivity contribution in [3.63, 3.8) is 0 Å². The Morgan fingerprint density at radius 3 is 2.48 bits per heavy atom. The van der Waals surface area contributed by atoms with Crippen LogP contribution in [0.1, 0.15) is 36.1 Å². The predicted molar refractivity (Wildman–Crippen MR) is 109 cm³/mol. The summed E-state index contributed by atoms with van der Waals surface area (Å²) in [6.07, 6.45) is 3.88. The molecule has 2 aromatic rings. The van der Waals surface area contributed by atoms with Crippen LogP contribution in [0.15, 0.2) is 54.6 Å². The van der Waals surface area contributed by atoms with Crippen LogP contribution in [0.25, 0.3) is 6.08 Å². The highest BCUT2D eigenvalue weighted by molar-refractivity contribution is 7.93. The fourth-order valence-corrected chi connectivity index (χ4v) is 4.83. The molecule has 142 valence electrons. The first-order valence-electron chi connectivity index (χ1n) is 9.01. The van der Waals surface area contributed by atoms with Gasteiger partial charge in [0.25, 0.3) is 0 Å². The number of carbonyl (C=O) groups is 1. The molecule has 6 heteroatoms. The van der Waals surface area contributed by atoms with E-state index in [9.17, 15) is 13.2 Å². The molecule has 1 saturated heterocycles. The van der Waals surface area contributed by atoms with Crippen molar-refractivity contribution in [2.45, 2.75) is 26.3 Å². The molecule has 0 aliphatic carbocycles. The largest absolute Gasteiger partial charge is 0.346 e. The average molecular weight is 385 g/mol. The van der Waals surface area contributed by atoms with E-state index in [1.54, 1.807) is 18.2 Å². The van der Waals surface area contributed by atoms with Gasteiger partial charge in [-0.2, -0.15) is 0 Å². The Morgan fingerprint density at radius 1 is 1.15 bits per heavy atom. The van der Waals surface area contributed by atoms with Gasteiger partial charge >= 0.3 is 0 Å². The fourth-order valence-electron chi connectivity index (χ4n) is 3.27. The van der Waals surface area contributed by atoms with Crippen molar-refractivity contribution in [1.29, 1.82) is 0 Å². The third-order valence-corrected chi connectivity index (χ3v) is 6.59. The van der Waals surface area contributed by atoms with E-state index in [0.29, 0.717) is 18.7 Å². The third kappa shape index (κ3) is 4.57. The molecule has 0 spiro atoms. The number of rotatable bonds is 5. The van der Waals surface area contributed by atoms with E-state index in [1.165, 1.54) is 10.4 Å². The molecular weight excluding hydrogens is 360 g/mol. The standard InChI is InChI=1S/C21H24N2O3S/c1-16-6-3-4-7-20(16)17(2)22-21(24)13-10-18-8-11-19(12-9-18)23-14-5-15-27(23,25)26/h3-4,6-13,17H,5,14-15H2,1-2H3,(H,22,24)/b13-10+. The molecular formula is C21H24N2O3S. The van der Waals surface area contributed by atoms with Crippen molar-refractivity contribution in [1.82, 2.24) is 5.32 Å². The van der Waals surface area contributed by atoms with Crippen molar-refractivity contribution in [3.8, 4) is 0 Å². The number of aryl methyl sites for hydroxylation is 1. The van der Waals surface area contributed by atoms with Gasteiger partial charge in [0.2, 0.25) is 15.9 Å². The number of anilines is 1. The molecule has 0 saturated carbocycles. The molecule has 1 heterocycles. The summed E-state index contributed by atoms with van der Waals surface area (Å²) in [6, 6.07) is 15.1. The smallest absolute Gasteiger partial charge is 0.244 e. The average Bonchev–Trinajstić information content (AvgIpc) is 3.00. The highest BCUT2D eigenvalue weighted by atomic mass is 32.2.